The van der Waals surface area contributed by atoms with Crippen LogP contribution in [0.4, 0.5) is 20.2 Å². The van der Waals surface area contributed by atoms with Crippen molar-refractivity contribution in [3.8, 4) is 57.1 Å². The Labute approximate surface area is 531 Å². The van der Waals surface area contributed by atoms with Crippen molar-refractivity contribution in [2.75, 3.05) is 24.9 Å². The topological polar surface area (TPSA) is 299 Å². The molecule has 8 aromatic rings. The SMILES string of the molecule is COc1nccc(-c2c(C(=O)Nc3ccccc3)c(C(C)C)n(CC[C@@H](O)C[C@@H](O)CC(=O)[O-])c2-c2ccc(F)cc2)n1.COc1nccc(-c2c(C(=O)Nc3ccccc3)c(C(C)C)n(CC[C@@H](O)C[C@@H](O)CC(=O)[O-])c2-c2ccc(F)cc2)n1.[Ca+2]. The zero-order chi connectivity index (χ0) is 62.2. The fourth-order valence-corrected chi connectivity index (χ4v) is 10.3. The standard InChI is InChI=1S/2C32H35FN4O6.Ca/c2*1-19(2)29-28(31(42)35-22-7-5-4-6-8-22)27(25-13-15-34-32(36-25)43-3)30(20-9-11-21(33)12-10-20)37(29)16-14-23(38)17-24(39)18-26(40)41;/h2*4-13,15,19,23-24,38-39H,14,16-18H2,1-3H3,(H,35,42)(H,40,41);/q;;+2/p-2/t2*23-,24-;/m11./s1. The van der Waals surface area contributed by atoms with Gasteiger partial charge in [-0.3, -0.25) is 9.59 Å². The fraction of sp³-hybridized carbons (Fsp3) is 0.312. The maximum absolute atomic E-state index is 14.1. The quantitative estimate of drug-likeness (QED) is 0.0293. The number of carbonyl (C=O) groups excluding carboxylic acids is 4. The number of hydrogen-bond acceptors (Lipinski definition) is 16. The van der Waals surface area contributed by atoms with E-state index in [0.717, 1.165) is 0 Å². The summed E-state index contributed by atoms with van der Waals surface area (Å²) >= 11 is 0. The number of hydrogen-bond donors (Lipinski definition) is 6. The van der Waals surface area contributed by atoms with Crippen LogP contribution in [0.3, 0.4) is 0 Å². The molecule has 4 aromatic carbocycles. The third kappa shape index (κ3) is 18.1. The summed E-state index contributed by atoms with van der Waals surface area (Å²) in [4.78, 5) is 67.4. The minimum atomic E-state index is -1.41. The molecule has 452 valence electrons. The Morgan fingerprint density at radius 2 is 0.874 bits per heavy atom. The van der Waals surface area contributed by atoms with Gasteiger partial charge in [0.25, 0.3) is 11.8 Å². The van der Waals surface area contributed by atoms with Crippen LogP contribution in [0.25, 0.3) is 45.0 Å². The molecule has 4 aromatic heterocycles. The number of aliphatic hydroxyl groups is 4. The molecule has 0 saturated carbocycles. The molecular formula is C64H68CaF2N8O12. The minimum absolute atomic E-state index is 0. The number of nitrogens with zero attached hydrogens (tertiary/aromatic N) is 6. The number of methoxy groups -OCH3 is 2. The predicted octanol–water partition coefficient (Wildman–Crippen LogP) is 7.17. The molecule has 0 aliphatic rings. The predicted molar refractivity (Wildman–Crippen MR) is 319 cm³/mol. The number of benzene rings is 4. The number of nitrogens with one attached hydrogen (secondary N) is 2. The molecule has 0 saturated heterocycles. The molecule has 23 heteroatoms. The zero-order valence-corrected chi connectivity index (χ0v) is 51.2. The molecule has 4 atom stereocenters. The van der Waals surface area contributed by atoms with Crippen molar-refractivity contribution in [1.29, 1.82) is 0 Å². The van der Waals surface area contributed by atoms with Gasteiger partial charge in [0.05, 0.1) is 72.5 Å². The number of halogens is 2. The van der Waals surface area contributed by atoms with Crippen LogP contribution in [-0.4, -0.2) is 150 Å². The van der Waals surface area contributed by atoms with Crippen molar-refractivity contribution in [3.05, 3.63) is 168 Å². The Hall–Kier alpha value is -7.96. The van der Waals surface area contributed by atoms with E-state index in [1.165, 1.54) is 50.9 Å². The molecule has 20 nitrogen and oxygen atoms in total. The van der Waals surface area contributed by atoms with Gasteiger partial charge in [0.1, 0.15) is 11.6 Å². The van der Waals surface area contributed by atoms with E-state index < -0.39 is 72.6 Å². The molecule has 87 heavy (non-hydrogen) atoms. The molecular weight excluding hydrogens is 1150 g/mol. The molecule has 6 N–H and O–H groups in total. The first kappa shape index (κ1) is 68.2. The Morgan fingerprint density at radius 3 is 1.18 bits per heavy atom. The molecule has 0 bridgehead atoms. The maximum atomic E-state index is 14.1. The molecule has 0 spiro atoms. The van der Waals surface area contributed by atoms with Crippen molar-refractivity contribution in [2.24, 2.45) is 0 Å². The number of amides is 2. The first-order chi connectivity index (χ1) is 41.2. The van der Waals surface area contributed by atoms with Gasteiger partial charge >= 0.3 is 49.8 Å². The monoisotopic (exact) mass is 1220 g/mol. The van der Waals surface area contributed by atoms with E-state index in [1.54, 1.807) is 84.9 Å². The molecule has 0 aliphatic heterocycles. The number of aliphatic hydroxyl groups excluding tert-OH is 4. The first-order valence-electron chi connectivity index (χ1n) is 27.8. The van der Waals surface area contributed by atoms with Gasteiger partial charge in [-0.2, -0.15) is 9.97 Å². The van der Waals surface area contributed by atoms with Crippen molar-refractivity contribution in [1.82, 2.24) is 29.1 Å². The Kier molecular flexibility index (Phi) is 25.2. The van der Waals surface area contributed by atoms with E-state index in [0.29, 0.717) is 78.9 Å². The first-order valence-corrected chi connectivity index (χ1v) is 27.8. The number of rotatable bonds is 26. The molecule has 4 heterocycles. The fourth-order valence-electron chi connectivity index (χ4n) is 10.3. The third-order valence-electron chi connectivity index (χ3n) is 13.9. The number of carboxylic acid groups (broad SMARTS) is 2. The van der Waals surface area contributed by atoms with Crippen LogP contribution < -0.4 is 30.3 Å². The van der Waals surface area contributed by atoms with E-state index in [2.05, 4.69) is 30.6 Å². The van der Waals surface area contributed by atoms with Crippen LogP contribution in [0.1, 0.15) is 110 Å². The number of aromatic nitrogens is 6. The molecule has 0 aliphatic carbocycles. The van der Waals surface area contributed by atoms with E-state index in [4.69, 9.17) is 9.47 Å². The average molecular weight is 1220 g/mol. The molecule has 0 radical (unpaired) electrons. The van der Waals surface area contributed by atoms with Crippen molar-refractivity contribution in [3.63, 3.8) is 0 Å². The second-order valence-corrected chi connectivity index (χ2v) is 20.9. The second kappa shape index (κ2) is 32.1. The van der Waals surface area contributed by atoms with Crippen LogP contribution in [-0.2, 0) is 22.7 Å². The number of anilines is 2. The summed E-state index contributed by atoms with van der Waals surface area (Å²) in [5.41, 5.74) is 7.18. The third-order valence-corrected chi connectivity index (χ3v) is 13.9. The van der Waals surface area contributed by atoms with Gasteiger partial charge in [-0.15, -0.1) is 0 Å². The van der Waals surface area contributed by atoms with Gasteiger partial charge in [-0.05, 0) is 134 Å². The van der Waals surface area contributed by atoms with Crippen molar-refractivity contribution >= 4 is 72.9 Å². The van der Waals surface area contributed by atoms with E-state index in [-0.39, 0.29) is 100 Å². The van der Waals surface area contributed by atoms with E-state index >= 15 is 0 Å². The Bertz CT molecular complexity index is 3360. The van der Waals surface area contributed by atoms with Crippen LogP contribution in [0.15, 0.2) is 134 Å². The number of carbonyl (C=O) groups is 4. The summed E-state index contributed by atoms with van der Waals surface area (Å²) in [6, 6.07) is 33.2. The number of para-hydroxylation sites is 2. The normalized spacial score (nSPS) is 12.5. The van der Waals surface area contributed by atoms with Crippen molar-refractivity contribution < 1.29 is 68.1 Å². The molecule has 8 rings (SSSR count). The molecule has 0 unspecified atom stereocenters. The summed E-state index contributed by atoms with van der Waals surface area (Å²) in [5, 5.41) is 69.3. The van der Waals surface area contributed by atoms with Gasteiger partial charge < -0.3 is 69.5 Å². The van der Waals surface area contributed by atoms with Crippen LogP contribution in [0, 0.1) is 11.6 Å². The molecule has 0 fully saturated rings. The summed E-state index contributed by atoms with van der Waals surface area (Å²) < 4.78 is 42.5. The van der Waals surface area contributed by atoms with Gasteiger partial charge in [-0.1, -0.05) is 64.1 Å². The summed E-state index contributed by atoms with van der Waals surface area (Å²) in [6.45, 7) is 8.11. The zero-order valence-electron chi connectivity index (χ0n) is 49.0. The second-order valence-electron chi connectivity index (χ2n) is 20.9. The van der Waals surface area contributed by atoms with Gasteiger partial charge in [0.15, 0.2) is 0 Å². The van der Waals surface area contributed by atoms with Crippen LogP contribution >= 0.6 is 0 Å². The van der Waals surface area contributed by atoms with Gasteiger partial charge in [0, 0.05) is 84.2 Å². The Morgan fingerprint density at radius 1 is 0.529 bits per heavy atom. The number of ether oxygens (including phenoxy) is 2. The minimum Gasteiger partial charge on any atom is -0.550 e. The van der Waals surface area contributed by atoms with E-state index in [1.807, 2.05) is 49.0 Å². The van der Waals surface area contributed by atoms with Gasteiger partial charge in [-0.25, -0.2) is 18.7 Å². The smallest absolute Gasteiger partial charge is 0.550 e. The number of carboxylic acids is 2. The average Bonchev–Trinajstić information content (AvgIpc) is 1.64. The molecule has 2 amide bonds. The largest absolute Gasteiger partial charge is 2.00 e. The maximum Gasteiger partial charge on any atom is 2.00 e. The summed E-state index contributed by atoms with van der Waals surface area (Å²) in [7, 11) is 2.87. The number of aliphatic carboxylic acids is 2. The Balaban J connectivity index is 0.000000275. The van der Waals surface area contributed by atoms with Crippen LogP contribution in [0.2, 0.25) is 0 Å². The summed E-state index contributed by atoms with van der Waals surface area (Å²) in [5.74, 6) is -4.88. The van der Waals surface area contributed by atoms with Gasteiger partial charge in [0.2, 0.25) is 0 Å². The van der Waals surface area contributed by atoms with Crippen LogP contribution in [0.5, 0.6) is 12.0 Å². The van der Waals surface area contributed by atoms with E-state index in [9.17, 15) is 58.6 Å². The summed E-state index contributed by atoms with van der Waals surface area (Å²) in [6.07, 6.45) is -2.91. The van der Waals surface area contributed by atoms with Crippen molar-refractivity contribution in [2.45, 2.75) is 116 Å².